The first kappa shape index (κ1) is 13.4. The highest BCUT2D eigenvalue weighted by molar-refractivity contribution is 5.98. The molecular formula is C14H15F3N2O. The Morgan fingerprint density at radius 3 is 2.55 bits per heavy atom. The second-order valence-corrected chi connectivity index (χ2v) is 5.47. The summed E-state index contributed by atoms with van der Waals surface area (Å²) < 4.78 is 39.3. The molecule has 2 aliphatic rings. The average molecular weight is 284 g/mol. The summed E-state index contributed by atoms with van der Waals surface area (Å²) in [6.45, 7) is 1.21. The summed E-state index contributed by atoms with van der Waals surface area (Å²) >= 11 is 0. The maximum Gasteiger partial charge on any atom is 0.398 e. The van der Waals surface area contributed by atoms with Gasteiger partial charge in [-0.25, -0.2) is 0 Å². The second-order valence-electron chi connectivity index (χ2n) is 5.47. The zero-order chi connectivity index (χ0) is 14.5. The number of carbonyl (C=O) groups excluding carboxylic acids is 1. The van der Waals surface area contributed by atoms with Crippen LogP contribution < -0.4 is 5.73 Å². The van der Waals surface area contributed by atoms with Gasteiger partial charge in [0.2, 0.25) is 0 Å². The van der Waals surface area contributed by atoms with E-state index in [0.29, 0.717) is 25.2 Å². The number of nitrogens with zero attached hydrogens (tertiary/aromatic N) is 1. The Balaban J connectivity index is 1.95. The number of hydrogen-bond acceptors (Lipinski definition) is 2. The molecule has 1 saturated carbocycles. The quantitative estimate of drug-likeness (QED) is 0.925. The van der Waals surface area contributed by atoms with Crippen molar-refractivity contribution in [2.24, 2.45) is 5.73 Å². The minimum absolute atomic E-state index is 0.107. The van der Waals surface area contributed by atoms with Crippen LogP contribution in [0.2, 0.25) is 0 Å². The summed E-state index contributed by atoms with van der Waals surface area (Å²) in [4.78, 5) is 13.7. The third-order valence-electron chi connectivity index (χ3n) is 4.23. The Hall–Kier alpha value is -1.56. The van der Waals surface area contributed by atoms with Crippen LogP contribution >= 0.6 is 0 Å². The van der Waals surface area contributed by atoms with E-state index in [1.165, 1.54) is 12.1 Å². The fraction of sp³-hybridized carbons (Fsp3) is 0.500. The number of alkyl halides is 3. The van der Waals surface area contributed by atoms with Crippen molar-refractivity contribution in [1.29, 1.82) is 0 Å². The molecule has 0 saturated heterocycles. The molecular weight excluding hydrogens is 269 g/mol. The highest BCUT2D eigenvalue weighted by atomic mass is 19.4. The van der Waals surface area contributed by atoms with Gasteiger partial charge < -0.3 is 10.6 Å². The zero-order valence-electron chi connectivity index (χ0n) is 10.8. The molecule has 1 aromatic carbocycles. The summed E-state index contributed by atoms with van der Waals surface area (Å²) in [5.41, 5.74) is 5.09. The van der Waals surface area contributed by atoms with E-state index in [4.69, 9.17) is 5.73 Å². The lowest BCUT2D eigenvalue weighted by Crippen LogP contribution is -2.30. The van der Waals surface area contributed by atoms with E-state index in [1.54, 1.807) is 11.0 Å². The number of hydrogen-bond donors (Lipinski definition) is 1. The Morgan fingerprint density at radius 2 is 2.00 bits per heavy atom. The van der Waals surface area contributed by atoms with E-state index in [1.807, 2.05) is 0 Å². The summed E-state index contributed by atoms with van der Waals surface area (Å²) in [5.74, 6) is -0.217. The van der Waals surface area contributed by atoms with Crippen molar-refractivity contribution in [3.63, 3.8) is 0 Å². The molecule has 1 fully saturated rings. The first-order chi connectivity index (χ1) is 9.39. The first-order valence-electron chi connectivity index (χ1n) is 6.58. The number of rotatable bonds is 3. The van der Waals surface area contributed by atoms with Gasteiger partial charge in [-0.2, -0.15) is 13.2 Å². The molecule has 0 unspecified atom stereocenters. The van der Waals surface area contributed by atoms with Crippen LogP contribution in [0.15, 0.2) is 18.2 Å². The van der Waals surface area contributed by atoms with E-state index < -0.39 is 11.6 Å². The topological polar surface area (TPSA) is 46.3 Å². The third kappa shape index (κ3) is 1.82. The maximum absolute atomic E-state index is 13.1. The van der Waals surface area contributed by atoms with Gasteiger partial charge >= 0.3 is 6.18 Å². The van der Waals surface area contributed by atoms with Crippen LogP contribution in [-0.2, 0) is 12.0 Å². The van der Waals surface area contributed by atoms with Gasteiger partial charge in [-0.1, -0.05) is 12.1 Å². The van der Waals surface area contributed by atoms with E-state index in [-0.39, 0.29) is 24.3 Å². The fourth-order valence-electron chi connectivity index (χ4n) is 2.86. The summed E-state index contributed by atoms with van der Waals surface area (Å²) in [7, 11) is 0. The predicted molar refractivity (Wildman–Crippen MR) is 67.2 cm³/mol. The van der Waals surface area contributed by atoms with Crippen molar-refractivity contribution in [1.82, 2.24) is 4.90 Å². The van der Waals surface area contributed by atoms with Crippen LogP contribution in [-0.4, -0.2) is 30.1 Å². The second kappa shape index (κ2) is 4.22. The molecule has 0 radical (unpaired) electrons. The van der Waals surface area contributed by atoms with Crippen molar-refractivity contribution in [3.8, 4) is 0 Å². The molecule has 0 aromatic heterocycles. The van der Waals surface area contributed by atoms with Crippen LogP contribution in [0.1, 0.15) is 34.3 Å². The molecule has 0 atom stereocenters. The minimum Gasteiger partial charge on any atom is -0.333 e. The standard InChI is InChI=1S/C14H15F3N2O/c15-14(16,17)13(3-4-13)10-2-1-9-8-19(6-5-18)12(20)11(9)7-10/h1-2,7H,3-6,8,18H2. The Labute approximate surface area is 114 Å². The number of fused-ring (bicyclic) bond motifs is 1. The molecule has 1 aliphatic carbocycles. The molecule has 1 aliphatic heterocycles. The molecule has 1 heterocycles. The molecule has 3 nitrogen and oxygen atoms in total. The molecule has 1 aromatic rings. The van der Waals surface area contributed by atoms with E-state index in [0.717, 1.165) is 5.56 Å². The minimum atomic E-state index is -4.25. The monoisotopic (exact) mass is 284 g/mol. The van der Waals surface area contributed by atoms with E-state index in [9.17, 15) is 18.0 Å². The normalized spacial score (nSPS) is 20.2. The van der Waals surface area contributed by atoms with Gasteiger partial charge in [0.05, 0.1) is 5.41 Å². The number of carbonyl (C=O) groups is 1. The van der Waals surface area contributed by atoms with Gasteiger partial charge in [0.1, 0.15) is 0 Å². The Kier molecular flexibility index (Phi) is 2.83. The van der Waals surface area contributed by atoms with Crippen molar-refractivity contribution in [3.05, 3.63) is 34.9 Å². The van der Waals surface area contributed by atoms with Crippen LogP contribution in [0.5, 0.6) is 0 Å². The smallest absolute Gasteiger partial charge is 0.333 e. The van der Waals surface area contributed by atoms with Crippen molar-refractivity contribution in [2.75, 3.05) is 13.1 Å². The molecule has 108 valence electrons. The number of nitrogens with two attached hydrogens (primary N) is 1. The highest BCUT2D eigenvalue weighted by Crippen LogP contribution is 2.59. The fourth-order valence-corrected chi connectivity index (χ4v) is 2.86. The number of benzene rings is 1. The van der Waals surface area contributed by atoms with Crippen LogP contribution in [0.25, 0.3) is 0 Å². The van der Waals surface area contributed by atoms with Crippen molar-refractivity contribution >= 4 is 5.91 Å². The number of amides is 1. The van der Waals surface area contributed by atoms with E-state index in [2.05, 4.69) is 0 Å². The Bertz CT molecular complexity index is 564. The molecule has 0 bridgehead atoms. The molecule has 20 heavy (non-hydrogen) atoms. The first-order valence-corrected chi connectivity index (χ1v) is 6.58. The van der Waals surface area contributed by atoms with Crippen molar-refractivity contribution < 1.29 is 18.0 Å². The molecule has 6 heteroatoms. The molecule has 3 rings (SSSR count). The highest BCUT2D eigenvalue weighted by Gasteiger charge is 2.64. The lowest BCUT2D eigenvalue weighted by molar-refractivity contribution is -0.160. The summed E-state index contributed by atoms with van der Waals surface area (Å²) in [6, 6.07) is 4.58. The molecule has 2 N–H and O–H groups in total. The van der Waals surface area contributed by atoms with Gasteiger partial charge in [0.25, 0.3) is 5.91 Å². The van der Waals surface area contributed by atoms with Crippen LogP contribution in [0, 0.1) is 0 Å². The summed E-state index contributed by atoms with van der Waals surface area (Å²) in [5, 5.41) is 0. The van der Waals surface area contributed by atoms with E-state index >= 15 is 0 Å². The lowest BCUT2D eigenvalue weighted by atomic mass is 9.92. The Morgan fingerprint density at radius 1 is 1.30 bits per heavy atom. The zero-order valence-corrected chi connectivity index (χ0v) is 10.8. The molecule has 0 spiro atoms. The average Bonchev–Trinajstić information content (AvgIpc) is 3.14. The van der Waals surface area contributed by atoms with Gasteiger partial charge in [0.15, 0.2) is 0 Å². The van der Waals surface area contributed by atoms with Gasteiger partial charge in [-0.15, -0.1) is 0 Å². The van der Waals surface area contributed by atoms with Crippen LogP contribution in [0.3, 0.4) is 0 Å². The summed E-state index contributed by atoms with van der Waals surface area (Å²) in [6.07, 6.45) is -4.04. The third-order valence-corrected chi connectivity index (χ3v) is 4.23. The van der Waals surface area contributed by atoms with Gasteiger partial charge in [-0.3, -0.25) is 4.79 Å². The lowest BCUT2D eigenvalue weighted by Gasteiger charge is -2.20. The largest absolute Gasteiger partial charge is 0.398 e. The predicted octanol–water partition coefficient (Wildman–Crippen LogP) is 2.20. The van der Waals surface area contributed by atoms with Crippen molar-refractivity contribution in [2.45, 2.75) is 31.0 Å². The maximum atomic E-state index is 13.1. The molecule has 1 amide bonds. The van der Waals surface area contributed by atoms with Gasteiger partial charge in [-0.05, 0) is 30.0 Å². The number of halogens is 3. The SMILES string of the molecule is NCCN1Cc2ccc(C3(C(F)(F)F)CC3)cc2C1=O. The van der Waals surface area contributed by atoms with Gasteiger partial charge in [0, 0.05) is 25.2 Å². The van der Waals surface area contributed by atoms with Crippen LogP contribution in [0.4, 0.5) is 13.2 Å².